The Morgan fingerprint density at radius 3 is 2.59 bits per heavy atom. The molecule has 2 heterocycles. The summed E-state index contributed by atoms with van der Waals surface area (Å²) < 4.78 is 11.8. The minimum Gasteiger partial charge on any atom is -0.462 e. The predicted molar refractivity (Wildman–Crippen MR) is 130 cm³/mol. The Bertz CT molecular complexity index is 823. The molecule has 34 heavy (non-hydrogen) atoms. The molecule has 0 amide bonds. The van der Waals surface area contributed by atoms with Crippen molar-refractivity contribution in [2.24, 2.45) is 46.3 Å². The maximum atomic E-state index is 13.8. The van der Waals surface area contributed by atoms with Gasteiger partial charge in [0, 0.05) is 18.8 Å². The lowest BCUT2D eigenvalue weighted by Gasteiger charge is -2.68. The van der Waals surface area contributed by atoms with Crippen LogP contribution in [-0.2, 0) is 19.1 Å². The van der Waals surface area contributed by atoms with Gasteiger partial charge in [0.25, 0.3) is 0 Å². The van der Waals surface area contributed by atoms with E-state index in [0.717, 1.165) is 24.2 Å². The van der Waals surface area contributed by atoms with E-state index in [1.807, 2.05) is 0 Å². The van der Waals surface area contributed by atoms with Crippen molar-refractivity contribution in [3.8, 4) is 0 Å². The van der Waals surface area contributed by atoms with E-state index in [1.54, 1.807) is 0 Å². The molecule has 2 bridgehead atoms. The number of ether oxygens (including phenoxy) is 2. The van der Waals surface area contributed by atoms with Crippen LogP contribution in [0.4, 0.5) is 0 Å². The van der Waals surface area contributed by atoms with Gasteiger partial charge >= 0.3 is 5.97 Å². The molecule has 6 aliphatic rings. The first-order valence-corrected chi connectivity index (χ1v) is 14.1. The van der Waals surface area contributed by atoms with E-state index >= 15 is 0 Å². The third kappa shape index (κ3) is 3.46. The minimum atomic E-state index is -1.41. The summed E-state index contributed by atoms with van der Waals surface area (Å²) in [7, 11) is 0. The van der Waals surface area contributed by atoms with Crippen LogP contribution in [0.5, 0.6) is 0 Å². The molecule has 0 unspecified atom stereocenters. The Balaban J connectivity index is 1.38. The lowest BCUT2D eigenvalue weighted by molar-refractivity contribution is -0.296. The summed E-state index contributed by atoms with van der Waals surface area (Å²) in [4.78, 5) is 25.4. The van der Waals surface area contributed by atoms with E-state index in [9.17, 15) is 14.7 Å². The van der Waals surface area contributed by atoms with Crippen molar-refractivity contribution < 1.29 is 24.2 Å². The topological polar surface area (TPSA) is 72.8 Å². The fraction of sp³-hybridized carbons (Fsp3) is 0.931. The molecule has 2 saturated heterocycles. The lowest BCUT2D eigenvalue weighted by atomic mass is 9.40. The van der Waals surface area contributed by atoms with Crippen molar-refractivity contribution in [3.63, 3.8) is 0 Å². The largest absolute Gasteiger partial charge is 0.462 e. The van der Waals surface area contributed by atoms with Gasteiger partial charge in [-0.2, -0.15) is 0 Å². The van der Waals surface area contributed by atoms with Crippen molar-refractivity contribution in [2.45, 2.75) is 117 Å². The normalized spacial score (nSPS) is 48.3. The molecule has 5 heteroatoms. The molecule has 0 aromatic heterocycles. The van der Waals surface area contributed by atoms with Gasteiger partial charge in [0.15, 0.2) is 5.78 Å². The first kappa shape index (κ1) is 24.7. The second-order valence-corrected chi connectivity index (χ2v) is 13.4. The van der Waals surface area contributed by atoms with Crippen LogP contribution in [-0.4, -0.2) is 41.3 Å². The van der Waals surface area contributed by atoms with Gasteiger partial charge in [-0.15, -0.1) is 0 Å². The number of hydrogen-bond donors (Lipinski definition) is 1. The summed E-state index contributed by atoms with van der Waals surface area (Å²) >= 11 is 0. The van der Waals surface area contributed by atoms with Gasteiger partial charge in [0.2, 0.25) is 0 Å². The van der Waals surface area contributed by atoms with Gasteiger partial charge in [-0.1, -0.05) is 47.0 Å². The van der Waals surface area contributed by atoms with E-state index in [1.165, 1.54) is 45.4 Å². The Morgan fingerprint density at radius 2 is 1.88 bits per heavy atom. The zero-order chi connectivity index (χ0) is 24.5. The monoisotopic (exact) mass is 474 g/mol. The number of ketones is 1. The highest BCUT2D eigenvalue weighted by molar-refractivity contribution is 5.94. The van der Waals surface area contributed by atoms with Crippen LogP contribution < -0.4 is 0 Å². The van der Waals surface area contributed by atoms with E-state index in [2.05, 4.69) is 27.7 Å². The first-order chi connectivity index (χ1) is 16.0. The van der Waals surface area contributed by atoms with Gasteiger partial charge in [0.05, 0.1) is 6.61 Å². The number of rotatable bonds is 6. The van der Waals surface area contributed by atoms with Crippen molar-refractivity contribution in [2.75, 3.05) is 6.61 Å². The molecule has 1 N–H and O–H groups in total. The minimum absolute atomic E-state index is 0.116. The highest BCUT2D eigenvalue weighted by Gasteiger charge is 2.75. The molecular formula is C29H46O5. The molecule has 5 nitrogen and oxygen atoms in total. The number of aliphatic hydroxyl groups is 1. The quantitative estimate of drug-likeness (QED) is 0.527. The molecular weight excluding hydrogens is 428 g/mol. The molecule has 4 aliphatic carbocycles. The Labute approximate surface area is 205 Å². The molecule has 192 valence electrons. The summed E-state index contributed by atoms with van der Waals surface area (Å²) in [6.07, 6.45) is 9.46. The highest BCUT2D eigenvalue weighted by Crippen LogP contribution is 2.70. The fourth-order valence-corrected chi connectivity index (χ4v) is 9.85. The van der Waals surface area contributed by atoms with Crippen molar-refractivity contribution in [1.82, 2.24) is 0 Å². The first-order valence-electron chi connectivity index (χ1n) is 14.1. The van der Waals surface area contributed by atoms with Crippen LogP contribution in [0, 0.1) is 46.3 Å². The van der Waals surface area contributed by atoms with Gasteiger partial charge in [-0.25, -0.2) is 0 Å². The molecule has 0 aromatic rings. The van der Waals surface area contributed by atoms with Gasteiger partial charge in [0.1, 0.15) is 17.8 Å². The molecule has 10 atom stereocenters. The average molecular weight is 475 g/mol. The number of hydrogen-bond acceptors (Lipinski definition) is 5. The Hall–Kier alpha value is -0.940. The van der Waals surface area contributed by atoms with Crippen LogP contribution >= 0.6 is 0 Å². The number of Topliss-reactive ketones (excluding diaryl/α,β-unsaturated/α-hetero) is 1. The Morgan fingerprint density at radius 1 is 1.12 bits per heavy atom. The van der Waals surface area contributed by atoms with E-state index < -0.39 is 17.1 Å². The number of carbonyl (C=O) groups is 2. The molecule has 6 rings (SSSR count). The molecule has 6 fully saturated rings. The van der Waals surface area contributed by atoms with Crippen LogP contribution in [0.1, 0.15) is 98.8 Å². The Kier molecular flexibility index (Phi) is 6.24. The number of carbonyl (C=O) groups excluding carboxylic acids is 2. The third-order valence-electron chi connectivity index (χ3n) is 11.4. The molecule has 0 aromatic carbocycles. The van der Waals surface area contributed by atoms with E-state index in [4.69, 9.17) is 9.47 Å². The maximum Gasteiger partial charge on any atom is 0.302 e. The predicted octanol–water partition coefficient (Wildman–Crippen LogP) is 5.32. The zero-order valence-corrected chi connectivity index (χ0v) is 22.0. The van der Waals surface area contributed by atoms with Gasteiger partial charge in [-0.05, 0) is 79.4 Å². The molecule has 4 saturated carbocycles. The summed E-state index contributed by atoms with van der Waals surface area (Å²) in [6.45, 7) is 11.5. The molecule has 0 radical (unpaired) electrons. The van der Waals surface area contributed by atoms with Gasteiger partial charge in [-0.3, -0.25) is 9.59 Å². The fourth-order valence-electron chi connectivity index (χ4n) is 9.85. The number of fused-ring (bicyclic) bond motifs is 2. The van der Waals surface area contributed by atoms with Crippen molar-refractivity contribution in [3.05, 3.63) is 0 Å². The third-order valence-corrected chi connectivity index (χ3v) is 11.4. The second-order valence-electron chi connectivity index (χ2n) is 13.4. The average Bonchev–Trinajstić information content (AvgIpc) is 3.12. The molecule has 2 aliphatic heterocycles. The lowest BCUT2D eigenvalue weighted by Crippen LogP contribution is -2.78. The molecule has 1 spiro atoms. The summed E-state index contributed by atoms with van der Waals surface area (Å²) in [5, 5.41) is 11.9. The van der Waals surface area contributed by atoms with Crippen LogP contribution in [0.25, 0.3) is 0 Å². The summed E-state index contributed by atoms with van der Waals surface area (Å²) in [5.74, 6) is 2.83. The van der Waals surface area contributed by atoms with Crippen LogP contribution in [0.15, 0.2) is 0 Å². The zero-order valence-electron chi connectivity index (χ0n) is 22.0. The van der Waals surface area contributed by atoms with Crippen LogP contribution in [0.2, 0.25) is 0 Å². The summed E-state index contributed by atoms with van der Waals surface area (Å²) in [5.41, 5.74) is -1.66. The SMILES string of the molecule is CC(=O)O[C@H]1CC[C@@]23CO[C@@H](C(=O)[C@@]2(O)C1)[C@H]1[C@@H]2CC[C@H]([C@H](C)CCCC(C)C)[C@@]2(C)CC[C@@H]13. The van der Waals surface area contributed by atoms with Crippen molar-refractivity contribution >= 4 is 11.8 Å². The van der Waals surface area contributed by atoms with E-state index in [0.29, 0.717) is 31.3 Å². The van der Waals surface area contributed by atoms with Crippen LogP contribution in [0.3, 0.4) is 0 Å². The second kappa shape index (κ2) is 8.57. The van der Waals surface area contributed by atoms with Crippen molar-refractivity contribution in [1.29, 1.82) is 0 Å². The highest BCUT2D eigenvalue weighted by atomic mass is 16.5. The maximum absolute atomic E-state index is 13.8. The number of esters is 1. The van der Waals surface area contributed by atoms with E-state index in [-0.39, 0.29) is 35.6 Å². The smallest absolute Gasteiger partial charge is 0.302 e. The van der Waals surface area contributed by atoms with Gasteiger partial charge < -0.3 is 14.6 Å². The summed E-state index contributed by atoms with van der Waals surface area (Å²) in [6, 6.07) is 0. The standard InChI is InChI=1S/C29H46O5/c1-17(2)7-6-8-18(3)21-9-10-22-24-23(12-13-27(21,22)5)28-14-11-20(34-19(4)30)15-29(28,32)26(31)25(24)33-16-28/h17-18,20-25,32H,6-16H2,1-5H3/t18-,20+,21-,22+,23+,24+,25-,27-,28+,29+/m1/s1.